The zero-order valence-electron chi connectivity index (χ0n) is 15.2. The summed E-state index contributed by atoms with van der Waals surface area (Å²) in [5, 5.41) is 7.79. The van der Waals surface area contributed by atoms with Crippen molar-refractivity contribution in [2.75, 3.05) is 11.9 Å². The Hall–Kier alpha value is -3.22. The van der Waals surface area contributed by atoms with Crippen LogP contribution >= 0.6 is 0 Å². The summed E-state index contributed by atoms with van der Waals surface area (Å²) in [5.41, 5.74) is 3.03. The van der Waals surface area contributed by atoms with Crippen LogP contribution in [0.2, 0.25) is 0 Å². The van der Waals surface area contributed by atoms with Gasteiger partial charge in [0.1, 0.15) is 0 Å². The summed E-state index contributed by atoms with van der Waals surface area (Å²) in [6.07, 6.45) is 3.40. The van der Waals surface area contributed by atoms with Crippen LogP contribution in [0.5, 0.6) is 0 Å². The molecule has 0 unspecified atom stereocenters. The molecule has 0 radical (unpaired) electrons. The van der Waals surface area contributed by atoms with Gasteiger partial charge in [-0.05, 0) is 24.6 Å². The van der Waals surface area contributed by atoms with Gasteiger partial charge in [-0.15, -0.1) is 0 Å². The van der Waals surface area contributed by atoms with Gasteiger partial charge >= 0.3 is 0 Å². The molecule has 1 aliphatic rings. The number of fused-ring (bicyclic) bond motifs is 1. The Morgan fingerprint density at radius 2 is 1.93 bits per heavy atom. The molecule has 0 saturated heterocycles. The molecule has 1 aromatic carbocycles. The van der Waals surface area contributed by atoms with Crippen LogP contribution in [0.25, 0.3) is 0 Å². The molecule has 0 fully saturated rings. The normalized spacial score (nSPS) is 14.5. The third-order valence-corrected chi connectivity index (χ3v) is 4.82. The van der Waals surface area contributed by atoms with Crippen molar-refractivity contribution < 1.29 is 4.79 Å². The summed E-state index contributed by atoms with van der Waals surface area (Å²) < 4.78 is 1.99. The highest BCUT2D eigenvalue weighted by molar-refractivity contribution is 5.83. The van der Waals surface area contributed by atoms with Gasteiger partial charge in [0.15, 0.2) is 0 Å². The highest BCUT2D eigenvalue weighted by atomic mass is 16.2. The van der Waals surface area contributed by atoms with E-state index in [0.717, 1.165) is 17.0 Å². The lowest BCUT2D eigenvalue weighted by molar-refractivity contribution is -0.134. The molecule has 7 heteroatoms. The Morgan fingerprint density at radius 1 is 1.15 bits per heavy atom. The van der Waals surface area contributed by atoms with Gasteiger partial charge in [0.05, 0.1) is 36.9 Å². The first kappa shape index (κ1) is 17.2. The maximum Gasteiger partial charge on any atom is 0.230 e. The molecule has 1 atom stereocenters. The van der Waals surface area contributed by atoms with Gasteiger partial charge < -0.3 is 10.2 Å². The van der Waals surface area contributed by atoms with E-state index in [0.29, 0.717) is 32.1 Å². The van der Waals surface area contributed by atoms with Crippen LogP contribution in [0.1, 0.15) is 29.8 Å². The molecule has 0 saturated carbocycles. The third-order valence-electron chi connectivity index (χ3n) is 4.82. The van der Waals surface area contributed by atoms with Gasteiger partial charge in [-0.2, -0.15) is 5.10 Å². The number of carbonyl (C=O) groups is 1. The van der Waals surface area contributed by atoms with Crippen LogP contribution < -0.4 is 5.32 Å². The maximum absolute atomic E-state index is 12.9. The molecular weight excluding hydrogens is 340 g/mol. The lowest BCUT2D eigenvalue weighted by Gasteiger charge is -2.30. The van der Waals surface area contributed by atoms with Crippen LogP contribution in [-0.4, -0.2) is 37.1 Å². The summed E-state index contributed by atoms with van der Waals surface area (Å²) in [6, 6.07) is 13.7. The van der Waals surface area contributed by atoms with Crippen molar-refractivity contribution >= 4 is 11.9 Å². The largest absolute Gasteiger partial charge is 0.348 e. The van der Waals surface area contributed by atoms with E-state index in [9.17, 15) is 4.79 Å². The first-order valence-corrected chi connectivity index (χ1v) is 9.11. The number of nitrogens with zero attached hydrogens (tertiary/aromatic N) is 5. The number of nitrogens with one attached hydrogen (secondary N) is 1. The molecule has 4 rings (SSSR count). The van der Waals surface area contributed by atoms with Gasteiger partial charge in [0, 0.05) is 18.9 Å². The SMILES string of the molecule is C[C@@H](C(=O)N1CCn2nc(CNc3ncccn3)cc2C1)c1ccccc1. The minimum Gasteiger partial charge on any atom is -0.348 e. The average Bonchev–Trinajstić information content (AvgIpc) is 3.14. The van der Waals surface area contributed by atoms with Crippen molar-refractivity contribution in [2.45, 2.75) is 32.5 Å². The summed E-state index contributed by atoms with van der Waals surface area (Å²) in [4.78, 5) is 23.1. The number of hydrogen-bond acceptors (Lipinski definition) is 5. The van der Waals surface area contributed by atoms with E-state index < -0.39 is 0 Å². The van der Waals surface area contributed by atoms with E-state index in [-0.39, 0.29) is 11.8 Å². The van der Waals surface area contributed by atoms with E-state index in [1.807, 2.05) is 52.9 Å². The molecule has 1 amide bonds. The zero-order chi connectivity index (χ0) is 18.6. The molecule has 0 bridgehead atoms. The molecule has 3 heterocycles. The molecule has 0 spiro atoms. The highest BCUT2D eigenvalue weighted by Crippen LogP contribution is 2.21. The van der Waals surface area contributed by atoms with Crippen LogP contribution in [0.15, 0.2) is 54.9 Å². The van der Waals surface area contributed by atoms with Gasteiger partial charge in [0.2, 0.25) is 11.9 Å². The van der Waals surface area contributed by atoms with Crippen LogP contribution in [-0.2, 0) is 24.4 Å². The van der Waals surface area contributed by atoms with E-state index in [4.69, 9.17) is 0 Å². The van der Waals surface area contributed by atoms with Crippen molar-refractivity contribution in [3.8, 4) is 0 Å². The minimum atomic E-state index is -0.142. The average molecular weight is 362 g/mol. The smallest absolute Gasteiger partial charge is 0.230 e. The second-order valence-corrected chi connectivity index (χ2v) is 6.67. The Labute approximate surface area is 158 Å². The second kappa shape index (κ2) is 7.57. The fourth-order valence-corrected chi connectivity index (χ4v) is 3.32. The van der Waals surface area contributed by atoms with Crippen molar-refractivity contribution in [1.82, 2.24) is 24.6 Å². The quantitative estimate of drug-likeness (QED) is 0.754. The van der Waals surface area contributed by atoms with Crippen molar-refractivity contribution in [2.24, 2.45) is 0 Å². The van der Waals surface area contributed by atoms with E-state index >= 15 is 0 Å². The van der Waals surface area contributed by atoms with Gasteiger partial charge in [0.25, 0.3) is 0 Å². The number of carbonyl (C=O) groups excluding carboxylic acids is 1. The maximum atomic E-state index is 12.9. The Balaban J connectivity index is 1.41. The van der Waals surface area contributed by atoms with E-state index in [1.54, 1.807) is 18.5 Å². The molecular formula is C20H22N6O. The zero-order valence-corrected chi connectivity index (χ0v) is 15.2. The summed E-state index contributed by atoms with van der Waals surface area (Å²) in [6.45, 7) is 4.51. The van der Waals surface area contributed by atoms with Crippen LogP contribution in [0.3, 0.4) is 0 Å². The van der Waals surface area contributed by atoms with Gasteiger partial charge in [-0.3, -0.25) is 9.48 Å². The monoisotopic (exact) mass is 362 g/mol. The summed E-state index contributed by atoms with van der Waals surface area (Å²) in [7, 11) is 0. The Kier molecular flexibility index (Phi) is 4.82. The van der Waals surface area contributed by atoms with Crippen molar-refractivity contribution in [1.29, 1.82) is 0 Å². The molecule has 138 valence electrons. The number of rotatable bonds is 5. The van der Waals surface area contributed by atoms with Gasteiger partial charge in [-0.1, -0.05) is 30.3 Å². The standard InChI is InChI=1S/C20H22N6O/c1-15(16-6-3-2-4-7-16)19(27)25-10-11-26-18(14-25)12-17(24-26)13-23-20-21-8-5-9-22-20/h2-9,12,15H,10-11,13-14H2,1H3,(H,21,22,23)/t15-/m1/s1. The number of anilines is 1. The number of amides is 1. The lowest BCUT2D eigenvalue weighted by Crippen LogP contribution is -2.40. The molecule has 7 nitrogen and oxygen atoms in total. The highest BCUT2D eigenvalue weighted by Gasteiger charge is 2.26. The number of hydrogen-bond donors (Lipinski definition) is 1. The van der Waals surface area contributed by atoms with Crippen molar-refractivity contribution in [3.63, 3.8) is 0 Å². The minimum absolute atomic E-state index is 0.142. The molecule has 0 aliphatic carbocycles. The van der Waals surface area contributed by atoms with Crippen LogP contribution in [0, 0.1) is 0 Å². The third kappa shape index (κ3) is 3.81. The molecule has 3 aromatic rings. The molecule has 2 aromatic heterocycles. The fraction of sp³-hybridized carbons (Fsp3) is 0.300. The molecule has 1 aliphatic heterocycles. The number of benzene rings is 1. The van der Waals surface area contributed by atoms with Crippen molar-refractivity contribution in [3.05, 3.63) is 71.8 Å². The number of aromatic nitrogens is 4. The lowest BCUT2D eigenvalue weighted by atomic mass is 9.99. The Morgan fingerprint density at radius 3 is 2.70 bits per heavy atom. The topological polar surface area (TPSA) is 75.9 Å². The first-order chi connectivity index (χ1) is 13.2. The molecule has 27 heavy (non-hydrogen) atoms. The summed E-state index contributed by atoms with van der Waals surface area (Å²) in [5.74, 6) is 0.597. The predicted molar refractivity (Wildman–Crippen MR) is 102 cm³/mol. The first-order valence-electron chi connectivity index (χ1n) is 9.11. The van der Waals surface area contributed by atoms with Gasteiger partial charge in [-0.25, -0.2) is 9.97 Å². The molecule has 1 N–H and O–H groups in total. The summed E-state index contributed by atoms with van der Waals surface area (Å²) >= 11 is 0. The predicted octanol–water partition coefficient (Wildman–Crippen LogP) is 2.43. The second-order valence-electron chi connectivity index (χ2n) is 6.67. The van der Waals surface area contributed by atoms with E-state index in [2.05, 4.69) is 20.4 Å². The Bertz CT molecular complexity index is 909. The fourth-order valence-electron chi connectivity index (χ4n) is 3.32. The van der Waals surface area contributed by atoms with E-state index in [1.165, 1.54) is 0 Å². The van der Waals surface area contributed by atoms with Crippen LogP contribution in [0.4, 0.5) is 5.95 Å².